The molecule has 1 aromatic carbocycles. The second-order valence-corrected chi connectivity index (χ2v) is 5.75. The van der Waals surface area contributed by atoms with Gasteiger partial charge in [-0.3, -0.25) is 9.78 Å². The lowest BCUT2D eigenvalue weighted by Gasteiger charge is -2.08. The smallest absolute Gasteiger partial charge is 0.253 e. The molecule has 2 N–H and O–H groups in total. The highest BCUT2D eigenvalue weighted by molar-refractivity contribution is 5.94. The lowest BCUT2D eigenvalue weighted by atomic mass is 10.2. The van der Waals surface area contributed by atoms with E-state index in [1.807, 2.05) is 24.3 Å². The van der Waals surface area contributed by atoms with Crippen LogP contribution in [-0.4, -0.2) is 23.7 Å². The summed E-state index contributed by atoms with van der Waals surface area (Å²) in [6, 6.07) is 8.01. The van der Waals surface area contributed by atoms with Crippen molar-refractivity contribution in [2.75, 3.05) is 12.1 Å². The van der Waals surface area contributed by atoms with Crippen molar-refractivity contribution in [2.24, 2.45) is 0 Å². The highest BCUT2D eigenvalue weighted by Crippen LogP contribution is 2.32. The molecule has 2 aromatic rings. The number of anilines is 1. The van der Waals surface area contributed by atoms with Crippen LogP contribution in [0.1, 0.15) is 28.8 Å². The van der Waals surface area contributed by atoms with Gasteiger partial charge < -0.3 is 20.1 Å². The maximum Gasteiger partial charge on any atom is 0.253 e. The highest BCUT2D eigenvalue weighted by Gasteiger charge is 2.21. The van der Waals surface area contributed by atoms with Gasteiger partial charge in [-0.2, -0.15) is 0 Å². The minimum atomic E-state index is -0.144. The van der Waals surface area contributed by atoms with Gasteiger partial charge in [-0.25, -0.2) is 0 Å². The highest BCUT2D eigenvalue weighted by atomic mass is 16.7. The summed E-state index contributed by atoms with van der Waals surface area (Å²) in [7, 11) is 0. The van der Waals surface area contributed by atoms with E-state index in [4.69, 9.17) is 9.47 Å². The number of ether oxygens (including phenoxy) is 2. The summed E-state index contributed by atoms with van der Waals surface area (Å²) in [5.41, 5.74) is 2.41. The topological polar surface area (TPSA) is 72.5 Å². The van der Waals surface area contributed by atoms with Gasteiger partial charge in [-0.05, 0) is 36.6 Å². The molecule has 1 aliphatic heterocycles. The van der Waals surface area contributed by atoms with Gasteiger partial charge in [-0.15, -0.1) is 0 Å². The number of hydrogen-bond acceptors (Lipinski definition) is 5. The molecular formula is C17H17N3O3. The molecule has 6 nitrogen and oxygen atoms in total. The van der Waals surface area contributed by atoms with Crippen LogP contribution in [0.5, 0.6) is 11.5 Å². The second-order valence-electron chi connectivity index (χ2n) is 5.75. The van der Waals surface area contributed by atoms with Crippen molar-refractivity contribution in [1.29, 1.82) is 0 Å². The van der Waals surface area contributed by atoms with Crippen molar-refractivity contribution in [2.45, 2.75) is 25.4 Å². The van der Waals surface area contributed by atoms with Crippen LogP contribution < -0.4 is 20.1 Å². The molecule has 0 bridgehead atoms. The average Bonchev–Trinajstić information content (AvgIpc) is 3.26. The number of pyridine rings is 1. The largest absolute Gasteiger partial charge is 0.454 e. The van der Waals surface area contributed by atoms with Crippen LogP contribution in [0, 0.1) is 0 Å². The molecule has 1 amide bonds. The molecular weight excluding hydrogens is 294 g/mol. The quantitative estimate of drug-likeness (QED) is 0.886. The van der Waals surface area contributed by atoms with E-state index in [0.717, 1.165) is 17.0 Å². The number of hydrogen-bond donors (Lipinski definition) is 2. The number of benzene rings is 1. The van der Waals surface area contributed by atoms with Crippen molar-refractivity contribution < 1.29 is 14.3 Å². The van der Waals surface area contributed by atoms with Crippen LogP contribution in [0.3, 0.4) is 0 Å². The average molecular weight is 311 g/mol. The van der Waals surface area contributed by atoms with E-state index in [-0.39, 0.29) is 12.7 Å². The Kier molecular flexibility index (Phi) is 3.49. The molecule has 23 heavy (non-hydrogen) atoms. The summed E-state index contributed by atoms with van der Waals surface area (Å²) in [4.78, 5) is 16.4. The molecule has 0 saturated heterocycles. The molecule has 2 heterocycles. The number of carbonyl (C=O) groups excluding carboxylic acids is 1. The van der Waals surface area contributed by atoms with Crippen LogP contribution >= 0.6 is 0 Å². The lowest BCUT2D eigenvalue weighted by Crippen LogP contribution is -2.23. The summed E-state index contributed by atoms with van der Waals surface area (Å²) in [5, 5.41) is 6.24. The zero-order valence-electron chi connectivity index (χ0n) is 12.5. The summed E-state index contributed by atoms with van der Waals surface area (Å²) in [6.07, 6.45) is 5.68. The Morgan fingerprint density at radius 3 is 2.91 bits per heavy atom. The Hall–Kier alpha value is -2.76. The molecule has 1 saturated carbocycles. The first-order chi connectivity index (χ1) is 11.3. The predicted molar refractivity (Wildman–Crippen MR) is 84.6 cm³/mol. The summed E-state index contributed by atoms with van der Waals surface area (Å²) in [5.74, 6) is 1.31. The number of carbonyl (C=O) groups is 1. The standard InChI is InChI=1S/C17H17N3O3/c21-17(12-6-14(9-18-8-12)20-13-2-3-13)19-7-11-1-4-15-16(5-11)23-10-22-15/h1,4-6,8-9,13,20H,2-3,7,10H2,(H,19,21). The molecule has 4 rings (SSSR count). The third-order valence-electron chi connectivity index (χ3n) is 3.84. The summed E-state index contributed by atoms with van der Waals surface area (Å²) in [6.45, 7) is 0.674. The van der Waals surface area contributed by atoms with Crippen LogP contribution in [0.2, 0.25) is 0 Å². The van der Waals surface area contributed by atoms with Gasteiger partial charge in [0.1, 0.15) is 0 Å². The molecule has 6 heteroatoms. The molecule has 1 aliphatic carbocycles. The molecule has 118 valence electrons. The molecule has 1 aromatic heterocycles. The maximum atomic E-state index is 12.3. The van der Waals surface area contributed by atoms with Crippen molar-refractivity contribution in [3.63, 3.8) is 0 Å². The Labute approximate surface area is 133 Å². The van der Waals surface area contributed by atoms with Crippen molar-refractivity contribution in [1.82, 2.24) is 10.3 Å². The van der Waals surface area contributed by atoms with Crippen LogP contribution in [0.4, 0.5) is 5.69 Å². The summed E-state index contributed by atoms with van der Waals surface area (Å²) < 4.78 is 10.6. The number of nitrogens with one attached hydrogen (secondary N) is 2. The van der Waals surface area contributed by atoms with Gasteiger partial charge in [0.05, 0.1) is 11.3 Å². The number of rotatable bonds is 5. The first-order valence-electron chi connectivity index (χ1n) is 7.66. The van der Waals surface area contributed by atoms with Gasteiger partial charge in [-0.1, -0.05) is 6.07 Å². The van der Waals surface area contributed by atoms with Crippen LogP contribution in [0.15, 0.2) is 36.7 Å². The van der Waals surface area contributed by atoms with Crippen molar-refractivity contribution in [3.8, 4) is 11.5 Å². The third-order valence-corrected chi connectivity index (χ3v) is 3.84. The minimum absolute atomic E-state index is 0.144. The van der Waals surface area contributed by atoms with Gasteiger partial charge in [0.15, 0.2) is 11.5 Å². The molecule has 0 atom stereocenters. The monoisotopic (exact) mass is 311 g/mol. The van der Waals surface area contributed by atoms with Gasteiger partial charge in [0.25, 0.3) is 5.91 Å². The first kappa shape index (κ1) is 13.9. The Morgan fingerprint density at radius 2 is 2.04 bits per heavy atom. The minimum Gasteiger partial charge on any atom is -0.454 e. The molecule has 0 unspecified atom stereocenters. The Morgan fingerprint density at radius 1 is 1.17 bits per heavy atom. The third kappa shape index (κ3) is 3.21. The Bertz CT molecular complexity index is 744. The predicted octanol–water partition coefficient (Wildman–Crippen LogP) is 2.31. The van der Waals surface area contributed by atoms with E-state index in [0.29, 0.717) is 23.9 Å². The zero-order valence-corrected chi connectivity index (χ0v) is 12.5. The Balaban J connectivity index is 1.39. The van der Waals surface area contributed by atoms with Gasteiger partial charge >= 0.3 is 0 Å². The van der Waals surface area contributed by atoms with E-state index >= 15 is 0 Å². The van der Waals surface area contributed by atoms with Crippen LogP contribution in [-0.2, 0) is 6.54 Å². The van der Waals surface area contributed by atoms with E-state index in [2.05, 4.69) is 15.6 Å². The maximum absolute atomic E-state index is 12.3. The second kappa shape index (κ2) is 5.79. The fourth-order valence-corrected chi connectivity index (χ4v) is 2.44. The number of fused-ring (bicyclic) bond motifs is 1. The number of nitrogens with zero attached hydrogens (tertiary/aromatic N) is 1. The molecule has 0 radical (unpaired) electrons. The van der Waals surface area contributed by atoms with Crippen LogP contribution in [0.25, 0.3) is 0 Å². The van der Waals surface area contributed by atoms with E-state index in [1.54, 1.807) is 12.4 Å². The SMILES string of the molecule is O=C(NCc1ccc2c(c1)OCO2)c1cncc(NC2CC2)c1. The van der Waals surface area contributed by atoms with Crippen molar-refractivity contribution in [3.05, 3.63) is 47.8 Å². The zero-order chi connectivity index (χ0) is 15.6. The van der Waals surface area contributed by atoms with Gasteiger partial charge in [0, 0.05) is 25.0 Å². The normalized spacial score (nSPS) is 15.3. The number of aromatic nitrogens is 1. The fourth-order valence-electron chi connectivity index (χ4n) is 2.44. The first-order valence-corrected chi connectivity index (χ1v) is 7.66. The van der Waals surface area contributed by atoms with E-state index in [1.165, 1.54) is 12.8 Å². The van der Waals surface area contributed by atoms with E-state index in [9.17, 15) is 4.79 Å². The number of amides is 1. The lowest BCUT2D eigenvalue weighted by molar-refractivity contribution is 0.0950. The molecule has 2 aliphatic rings. The molecule has 0 spiro atoms. The van der Waals surface area contributed by atoms with E-state index < -0.39 is 0 Å². The molecule has 1 fully saturated rings. The van der Waals surface area contributed by atoms with Crippen molar-refractivity contribution >= 4 is 11.6 Å². The summed E-state index contributed by atoms with van der Waals surface area (Å²) >= 11 is 0. The van der Waals surface area contributed by atoms with Gasteiger partial charge in [0.2, 0.25) is 6.79 Å². The fraction of sp³-hybridized carbons (Fsp3) is 0.294.